The Balaban J connectivity index is 1.79. The first kappa shape index (κ1) is 14.1. The van der Waals surface area contributed by atoms with Gasteiger partial charge in [-0.3, -0.25) is 4.79 Å². The molecular formula is C17H21BrO2. The highest BCUT2D eigenvalue weighted by molar-refractivity contribution is 9.10. The van der Waals surface area contributed by atoms with Crippen LogP contribution in [0, 0.1) is 5.92 Å². The topological polar surface area (TPSA) is 26.3 Å². The number of Topliss-reactive ketones (excluding diaryl/α,β-unsaturated/α-hetero) is 1. The molecule has 0 saturated heterocycles. The lowest BCUT2D eigenvalue weighted by Crippen LogP contribution is -2.44. The molecule has 0 radical (unpaired) electrons. The van der Waals surface area contributed by atoms with Gasteiger partial charge in [0.25, 0.3) is 0 Å². The first-order chi connectivity index (χ1) is 9.62. The lowest BCUT2D eigenvalue weighted by atomic mass is 9.73. The van der Waals surface area contributed by atoms with Gasteiger partial charge in [0, 0.05) is 4.47 Å². The fourth-order valence-corrected chi connectivity index (χ4v) is 3.99. The predicted octanol–water partition coefficient (Wildman–Crippen LogP) is 5.14. The number of hydrogen-bond acceptors (Lipinski definition) is 2. The van der Waals surface area contributed by atoms with Gasteiger partial charge in [-0.25, -0.2) is 0 Å². The van der Waals surface area contributed by atoms with Crippen molar-refractivity contribution in [3.63, 3.8) is 0 Å². The molecule has 20 heavy (non-hydrogen) atoms. The third kappa shape index (κ3) is 2.65. The van der Waals surface area contributed by atoms with Gasteiger partial charge in [-0.15, -0.1) is 0 Å². The summed E-state index contributed by atoms with van der Waals surface area (Å²) >= 11 is 3.46. The van der Waals surface area contributed by atoms with E-state index in [1.807, 2.05) is 18.2 Å². The zero-order valence-electron chi connectivity index (χ0n) is 12.0. The zero-order valence-corrected chi connectivity index (χ0v) is 13.5. The fraction of sp³-hybridized carbons (Fsp3) is 0.588. The second-order valence-electron chi connectivity index (χ2n) is 6.26. The molecule has 3 rings (SSSR count). The van der Waals surface area contributed by atoms with Crippen molar-refractivity contribution in [2.75, 3.05) is 0 Å². The first-order valence-corrected chi connectivity index (χ1v) is 8.43. The minimum Gasteiger partial charge on any atom is -0.486 e. The molecule has 0 aromatic heterocycles. The average Bonchev–Trinajstić information content (AvgIpc) is 2.41. The Bertz CT molecular complexity index is 516. The van der Waals surface area contributed by atoms with Crippen LogP contribution in [0.4, 0.5) is 0 Å². The van der Waals surface area contributed by atoms with E-state index in [4.69, 9.17) is 4.74 Å². The van der Waals surface area contributed by atoms with E-state index in [2.05, 4.69) is 22.9 Å². The van der Waals surface area contributed by atoms with Gasteiger partial charge in [0.2, 0.25) is 0 Å². The molecule has 1 saturated carbocycles. The van der Waals surface area contributed by atoms with Crippen LogP contribution in [0.15, 0.2) is 22.7 Å². The van der Waals surface area contributed by atoms with Crippen LogP contribution in [-0.2, 0) is 0 Å². The quantitative estimate of drug-likeness (QED) is 0.747. The van der Waals surface area contributed by atoms with Crippen molar-refractivity contribution in [3.05, 3.63) is 28.2 Å². The van der Waals surface area contributed by atoms with Crippen molar-refractivity contribution in [2.24, 2.45) is 5.92 Å². The molecule has 1 fully saturated rings. The largest absolute Gasteiger partial charge is 0.486 e. The molecule has 1 spiro atoms. The maximum atomic E-state index is 12.4. The van der Waals surface area contributed by atoms with Crippen LogP contribution < -0.4 is 4.74 Å². The summed E-state index contributed by atoms with van der Waals surface area (Å²) in [7, 11) is 0. The van der Waals surface area contributed by atoms with Gasteiger partial charge >= 0.3 is 0 Å². The maximum Gasteiger partial charge on any atom is 0.170 e. The Hall–Kier alpha value is -0.830. The first-order valence-electron chi connectivity index (χ1n) is 7.64. The van der Waals surface area contributed by atoms with Gasteiger partial charge in [0.1, 0.15) is 11.4 Å². The van der Waals surface area contributed by atoms with E-state index >= 15 is 0 Å². The summed E-state index contributed by atoms with van der Waals surface area (Å²) in [6.45, 7) is 2.25. The van der Waals surface area contributed by atoms with Crippen molar-refractivity contribution in [2.45, 2.75) is 57.5 Å². The Labute approximate surface area is 129 Å². The number of benzene rings is 1. The Morgan fingerprint density at radius 1 is 1.35 bits per heavy atom. The molecule has 108 valence electrons. The van der Waals surface area contributed by atoms with Crippen LogP contribution in [0.5, 0.6) is 5.75 Å². The third-order valence-electron chi connectivity index (χ3n) is 4.77. The van der Waals surface area contributed by atoms with Crippen LogP contribution in [0.25, 0.3) is 0 Å². The summed E-state index contributed by atoms with van der Waals surface area (Å²) in [6, 6.07) is 5.72. The van der Waals surface area contributed by atoms with Crippen LogP contribution in [0.3, 0.4) is 0 Å². The number of rotatable bonds is 2. The molecule has 1 aromatic rings. The number of ketones is 1. The van der Waals surface area contributed by atoms with E-state index in [0.29, 0.717) is 6.42 Å². The smallest absolute Gasteiger partial charge is 0.170 e. The van der Waals surface area contributed by atoms with Crippen molar-refractivity contribution >= 4 is 21.7 Å². The highest BCUT2D eigenvalue weighted by atomic mass is 79.9. The lowest BCUT2D eigenvalue weighted by molar-refractivity contribution is 0.00110. The van der Waals surface area contributed by atoms with Crippen molar-refractivity contribution in [1.82, 2.24) is 0 Å². The minimum atomic E-state index is -0.227. The van der Waals surface area contributed by atoms with Crippen molar-refractivity contribution in [3.8, 4) is 5.75 Å². The van der Waals surface area contributed by atoms with Crippen molar-refractivity contribution in [1.29, 1.82) is 0 Å². The number of carbonyl (C=O) groups is 1. The number of carbonyl (C=O) groups excluding carboxylic acids is 1. The van der Waals surface area contributed by atoms with Gasteiger partial charge in [-0.1, -0.05) is 35.7 Å². The number of fused-ring (bicyclic) bond motifs is 1. The highest BCUT2D eigenvalue weighted by Crippen LogP contribution is 2.44. The molecule has 0 bridgehead atoms. The molecule has 0 unspecified atom stereocenters. The molecule has 1 aromatic carbocycles. The standard InChI is InChI=1S/C17H21BrO2/c1-2-3-12-6-8-17(9-7-12)11-15(19)14-5-4-13(18)10-16(14)20-17/h4-5,10,12H,2-3,6-9,11H2,1H3. The van der Waals surface area contributed by atoms with Gasteiger partial charge in [0.15, 0.2) is 5.78 Å². The third-order valence-corrected chi connectivity index (χ3v) is 5.26. The normalized spacial score (nSPS) is 29.1. The van der Waals surface area contributed by atoms with E-state index < -0.39 is 0 Å². The fourth-order valence-electron chi connectivity index (χ4n) is 3.65. The minimum absolute atomic E-state index is 0.227. The van der Waals surface area contributed by atoms with Crippen LogP contribution in [0.1, 0.15) is 62.2 Å². The molecule has 1 aliphatic heterocycles. The SMILES string of the molecule is CCCC1CCC2(CC1)CC(=O)c1ccc(Br)cc1O2. The number of ether oxygens (including phenoxy) is 1. The molecule has 2 nitrogen and oxygen atoms in total. The number of halogens is 1. The molecule has 0 atom stereocenters. The van der Waals surface area contributed by atoms with E-state index in [1.54, 1.807) is 0 Å². The second-order valence-corrected chi connectivity index (χ2v) is 7.17. The highest BCUT2D eigenvalue weighted by Gasteiger charge is 2.42. The summed E-state index contributed by atoms with van der Waals surface area (Å²) < 4.78 is 7.26. The molecule has 3 heteroatoms. The monoisotopic (exact) mass is 336 g/mol. The summed E-state index contributed by atoms with van der Waals surface area (Å²) in [6.07, 6.45) is 7.57. The van der Waals surface area contributed by atoms with Gasteiger partial charge in [0.05, 0.1) is 12.0 Å². The van der Waals surface area contributed by atoms with Gasteiger partial charge < -0.3 is 4.74 Å². The van der Waals surface area contributed by atoms with E-state index in [9.17, 15) is 4.79 Å². The van der Waals surface area contributed by atoms with E-state index in [-0.39, 0.29) is 11.4 Å². The second kappa shape index (κ2) is 5.51. The van der Waals surface area contributed by atoms with E-state index in [1.165, 1.54) is 25.7 Å². The lowest BCUT2D eigenvalue weighted by Gasteiger charge is -2.42. The molecule has 0 amide bonds. The zero-order chi connectivity index (χ0) is 14.2. The molecule has 1 heterocycles. The number of hydrogen-bond donors (Lipinski definition) is 0. The molecule has 0 N–H and O–H groups in total. The molecule has 1 aliphatic carbocycles. The summed E-state index contributed by atoms with van der Waals surface area (Å²) in [5, 5.41) is 0. The van der Waals surface area contributed by atoms with Crippen molar-refractivity contribution < 1.29 is 9.53 Å². The molecular weight excluding hydrogens is 316 g/mol. The summed E-state index contributed by atoms with van der Waals surface area (Å²) in [5.41, 5.74) is 0.518. The van der Waals surface area contributed by atoms with E-state index in [0.717, 1.165) is 34.5 Å². The van der Waals surface area contributed by atoms with Crippen LogP contribution >= 0.6 is 15.9 Å². The summed E-state index contributed by atoms with van der Waals surface area (Å²) in [5.74, 6) is 1.84. The Morgan fingerprint density at radius 2 is 2.10 bits per heavy atom. The Kier molecular flexibility index (Phi) is 3.89. The van der Waals surface area contributed by atoms with Gasteiger partial charge in [-0.05, 0) is 49.8 Å². The molecule has 2 aliphatic rings. The van der Waals surface area contributed by atoms with Gasteiger partial charge in [-0.2, -0.15) is 0 Å². The average molecular weight is 337 g/mol. The Morgan fingerprint density at radius 3 is 2.80 bits per heavy atom. The predicted molar refractivity (Wildman–Crippen MR) is 83.3 cm³/mol. The maximum absolute atomic E-state index is 12.4. The van der Waals surface area contributed by atoms with Crippen LogP contribution in [-0.4, -0.2) is 11.4 Å². The van der Waals surface area contributed by atoms with Crippen LogP contribution in [0.2, 0.25) is 0 Å². The summed E-state index contributed by atoms with van der Waals surface area (Å²) in [4.78, 5) is 12.4.